The molecule has 0 radical (unpaired) electrons. The molecule has 0 saturated carbocycles. The number of carbonyl (C=O) groups excluding carboxylic acids is 2. The number of hydrogen-bond acceptors (Lipinski definition) is 4. The quantitative estimate of drug-likeness (QED) is 0.471. The lowest BCUT2D eigenvalue weighted by Crippen LogP contribution is -2.44. The second kappa shape index (κ2) is 11.2. The molecule has 6 nitrogen and oxygen atoms in total. The maximum Gasteiger partial charge on any atom is 0.276 e. The molecular weight excluding hydrogens is 460 g/mol. The summed E-state index contributed by atoms with van der Waals surface area (Å²) in [7, 11) is 0. The summed E-state index contributed by atoms with van der Waals surface area (Å²) < 4.78 is 11.9. The normalized spacial score (nSPS) is 10.3. The third-order valence-electron chi connectivity index (χ3n) is 4.38. The van der Waals surface area contributed by atoms with E-state index in [0.29, 0.717) is 30.1 Å². The zero-order valence-corrected chi connectivity index (χ0v) is 18.6. The van der Waals surface area contributed by atoms with E-state index in [2.05, 4.69) is 26.8 Å². The smallest absolute Gasteiger partial charge is 0.276 e. The first-order valence-electron chi connectivity index (χ1n) is 9.76. The average Bonchev–Trinajstić information content (AvgIpc) is 2.78. The molecule has 0 atom stereocenters. The molecule has 2 amide bonds. The highest BCUT2D eigenvalue weighted by Gasteiger charge is 2.14. The van der Waals surface area contributed by atoms with Gasteiger partial charge >= 0.3 is 0 Å². The first-order valence-corrected chi connectivity index (χ1v) is 10.6. The van der Waals surface area contributed by atoms with Gasteiger partial charge in [-0.15, -0.1) is 0 Å². The Morgan fingerprint density at radius 1 is 0.903 bits per heavy atom. The number of ether oxygens (including phenoxy) is 2. The Hall–Kier alpha value is -3.32. The van der Waals surface area contributed by atoms with E-state index in [4.69, 9.17) is 9.47 Å². The molecule has 0 saturated heterocycles. The molecule has 0 spiro atoms. The van der Waals surface area contributed by atoms with Gasteiger partial charge in [0.1, 0.15) is 11.5 Å². The van der Waals surface area contributed by atoms with Crippen molar-refractivity contribution in [1.29, 1.82) is 0 Å². The van der Waals surface area contributed by atoms with E-state index in [1.54, 1.807) is 30.3 Å². The Morgan fingerprint density at radius 3 is 2.39 bits per heavy atom. The van der Waals surface area contributed by atoms with Crippen LogP contribution in [0.25, 0.3) is 0 Å². The highest BCUT2D eigenvalue weighted by atomic mass is 79.9. The van der Waals surface area contributed by atoms with Crippen LogP contribution < -0.4 is 20.3 Å². The van der Waals surface area contributed by atoms with Crippen LogP contribution in [0.2, 0.25) is 0 Å². The van der Waals surface area contributed by atoms with Gasteiger partial charge in [-0.3, -0.25) is 20.4 Å². The number of benzene rings is 3. The number of hydrogen-bond donors (Lipinski definition) is 2. The fourth-order valence-corrected chi connectivity index (χ4v) is 3.10. The molecule has 0 aromatic heterocycles. The molecule has 3 aromatic rings. The Labute approximate surface area is 189 Å². The predicted octanol–water partition coefficient (Wildman–Crippen LogP) is 4.22. The second-order valence-corrected chi connectivity index (χ2v) is 7.74. The number of rotatable bonds is 8. The third kappa shape index (κ3) is 7.15. The monoisotopic (exact) mass is 482 g/mol. The van der Waals surface area contributed by atoms with Gasteiger partial charge in [-0.05, 0) is 42.8 Å². The minimum Gasteiger partial charge on any atom is -0.492 e. The van der Waals surface area contributed by atoms with Crippen molar-refractivity contribution < 1.29 is 19.1 Å². The van der Waals surface area contributed by atoms with E-state index in [9.17, 15) is 9.59 Å². The minimum atomic E-state index is -0.486. The van der Waals surface area contributed by atoms with Crippen LogP contribution in [0.3, 0.4) is 0 Å². The van der Waals surface area contributed by atoms with E-state index in [1.165, 1.54) is 0 Å². The van der Waals surface area contributed by atoms with Crippen molar-refractivity contribution in [3.63, 3.8) is 0 Å². The molecule has 0 aliphatic carbocycles. The van der Waals surface area contributed by atoms with E-state index < -0.39 is 11.8 Å². The molecule has 3 rings (SSSR count). The topological polar surface area (TPSA) is 76.7 Å². The largest absolute Gasteiger partial charge is 0.492 e. The van der Waals surface area contributed by atoms with Crippen LogP contribution in [-0.4, -0.2) is 25.0 Å². The molecule has 0 unspecified atom stereocenters. The van der Waals surface area contributed by atoms with Crippen molar-refractivity contribution in [1.82, 2.24) is 10.9 Å². The standard InChI is InChI=1S/C24H23BrN2O4/c1-17-7-10-20(11-8-17)31-16-23(28)26-27-24(29)21-15-19(25)9-12-22(21)30-14-13-18-5-3-2-4-6-18/h2-12,15H,13-14,16H2,1H3,(H,26,28)(H,27,29). The van der Waals surface area contributed by atoms with Gasteiger partial charge in [-0.25, -0.2) is 0 Å². The fraction of sp³-hybridized carbons (Fsp3) is 0.167. The highest BCUT2D eigenvalue weighted by Crippen LogP contribution is 2.23. The summed E-state index contributed by atoms with van der Waals surface area (Å²) in [6.45, 7) is 2.17. The lowest BCUT2D eigenvalue weighted by atomic mass is 10.1. The maximum atomic E-state index is 12.6. The van der Waals surface area contributed by atoms with Crippen LogP contribution in [0.5, 0.6) is 11.5 Å². The lowest BCUT2D eigenvalue weighted by Gasteiger charge is -2.13. The molecule has 3 aromatic carbocycles. The van der Waals surface area contributed by atoms with Crippen LogP contribution in [0, 0.1) is 6.92 Å². The molecule has 0 bridgehead atoms. The number of aryl methyl sites for hydroxylation is 1. The lowest BCUT2D eigenvalue weighted by molar-refractivity contribution is -0.123. The van der Waals surface area contributed by atoms with Crippen molar-refractivity contribution in [2.45, 2.75) is 13.3 Å². The van der Waals surface area contributed by atoms with Gasteiger partial charge in [0.15, 0.2) is 6.61 Å². The summed E-state index contributed by atoms with van der Waals surface area (Å²) in [4.78, 5) is 24.6. The van der Waals surface area contributed by atoms with Crippen molar-refractivity contribution in [3.05, 3.63) is 94.0 Å². The maximum absolute atomic E-state index is 12.6. The van der Waals surface area contributed by atoms with Gasteiger partial charge in [0.2, 0.25) is 0 Å². The predicted molar refractivity (Wildman–Crippen MR) is 122 cm³/mol. The fourth-order valence-electron chi connectivity index (χ4n) is 2.74. The molecule has 31 heavy (non-hydrogen) atoms. The first kappa shape index (κ1) is 22.4. The SMILES string of the molecule is Cc1ccc(OCC(=O)NNC(=O)c2cc(Br)ccc2OCCc2ccccc2)cc1. The van der Waals surface area contributed by atoms with E-state index in [-0.39, 0.29) is 6.61 Å². The summed E-state index contributed by atoms with van der Waals surface area (Å²) in [6.07, 6.45) is 0.713. The summed E-state index contributed by atoms with van der Waals surface area (Å²) in [6, 6.07) is 22.4. The van der Waals surface area contributed by atoms with Gasteiger partial charge in [0, 0.05) is 10.9 Å². The molecule has 0 aliphatic rings. The first-order chi connectivity index (χ1) is 15.0. The van der Waals surface area contributed by atoms with Gasteiger partial charge < -0.3 is 9.47 Å². The third-order valence-corrected chi connectivity index (χ3v) is 4.88. The molecule has 160 valence electrons. The Bertz CT molecular complexity index is 1020. The molecule has 0 fully saturated rings. The van der Waals surface area contributed by atoms with Crippen LogP contribution in [0.4, 0.5) is 0 Å². The number of carbonyl (C=O) groups is 2. The Morgan fingerprint density at radius 2 is 1.65 bits per heavy atom. The summed E-state index contributed by atoms with van der Waals surface area (Å²) in [5.41, 5.74) is 7.31. The Kier molecular flexibility index (Phi) is 8.06. The molecule has 7 heteroatoms. The van der Waals surface area contributed by atoms with E-state index >= 15 is 0 Å². The van der Waals surface area contributed by atoms with Crippen molar-refractivity contribution in [3.8, 4) is 11.5 Å². The molecule has 0 aliphatic heterocycles. The summed E-state index contributed by atoms with van der Waals surface area (Å²) in [5, 5.41) is 0. The number of hydrazine groups is 1. The van der Waals surface area contributed by atoms with Crippen LogP contribution in [0.1, 0.15) is 21.5 Å². The number of nitrogens with one attached hydrogen (secondary N) is 2. The zero-order valence-electron chi connectivity index (χ0n) is 17.1. The highest BCUT2D eigenvalue weighted by molar-refractivity contribution is 9.10. The number of halogens is 1. The summed E-state index contributed by atoms with van der Waals surface area (Å²) >= 11 is 3.36. The van der Waals surface area contributed by atoms with Crippen molar-refractivity contribution in [2.75, 3.05) is 13.2 Å². The van der Waals surface area contributed by atoms with Crippen molar-refractivity contribution in [2.24, 2.45) is 0 Å². The van der Waals surface area contributed by atoms with Crippen LogP contribution in [-0.2, 0) is 11.2 Å². The van der Waals surface area contributed by atoms with Crippen LogP contribution in [0.15, 0.2) is 77.3 Å². The van der Waals surface area contributed by atoms with E-state index in [0.717, 1.165) is 15.6 Å². The van der Waals surface area contributed by atoms with E-state index in [1.807, 2.05) is 49.4 Å². The number of amides is 2. The van der Waals surface area contributed by atoms with Gasteiger partial charge in [0.05, 0.1) is 12.2 Å². The van der Waals surface area contributed by atoms with Crippen LogP contribution >= 0.6 is 15.9 Å². The van der Waals surface area contributed by atoms with Gasteiger partial charge in [0.25, 0.3) is 11.8 Å². The Balaban J connectivity index is 1.52. The van der Waals surface area contributed by atoms with Gasteiger partial charge in [-0.2, -0.15) is 0 Å². The minimum absolute atomic E-state index is 0.220. The van der Waals surface area contributed by atoms with Gasteiger partial charge in [-0.1, -0.05) is 64.0 Å². The summed E-state index contributed by atoms with van der Waals surface area (Å²) in [5.74, 6) is 0.0464. The second-order valence-electron chi connectivity index (χ2n) is 6.83. The van der Waals surface area contributed by atoms with Crippen molar-refractivity contribution >= 4 is 27.7 Å². The molecule has 0 heterocycles. The molecular formula is C24H23BrN2O4. The zero-order chi connectivity index (χ0) is 22.1. The average molecular weight is 483 g/mol. The molecule has 2 N–H and O–H groups in total.